The summed E-state index contributed by atoms with van der Waals surface area (Å²) in [6.07, 6.45) is 7.98. The predicted octanol–water partition coefficient (Wildman–Crippen LogP) is 3.29. The number of nitrogens with one attached hydrogen (secondary N) is 2. The molecule has 4 rings (SSSR count). The number of amidine groups is 1. The van der Waals surface area contributed by atoms with Gasteiger partial charge in [0.15, 0.2) is 0 Å². The van der Waals surface area contributed by atoms with Crippen LogP contribution >= 0.6 is 0 Å². The van der Waals surface area contributed by atoms with Crippen LogP contribution in [0.5, 0.6) is 0 Å². The monoisotopic (exact) mass is 420 g/mol. The van der Waals surface area contributed by atoms with Crippen molar-refractivity contribution in [1.82, 2.24) is 20.4 Å². The Hall–Kier alpha value is -2.93. The zero-order chi connectivity index (χ0) is 22.0. The summed E-state index contributed by atoms with van der Waals surface area (Å²) in [5, 5.41) is 11.3. The van der Waals surface area contributed by atoms with Crippen molar-refractivity contribution in [1.29, 1.82) is 0 Å². The van der Waals surface area contributed by atoms with Crippen molar-refractivity contribution in [3.8, 4) is 11.1 Å². The topological polar surface area (TPSA) is 74.6 Å². The number of fused-ring (bicyclic) bond motifs is 1. The van der Waals surface area contributed by atoms with Gasteiger partial charge >= 0.3 is 0 Å². The second kappa shape index (κ2) is 9.06. The molecule has 0 aliphatic carbocycles. The average Bonchev–Trinajstić information content (AvgIpc) is 3.21. The van der Waals surface area contributed by atoms with Gasteiger partial charge in [-0.25, -0.2) is 0 Å². The van der Waals surface area contributed by atoms with Crippen LogP contribution < -0.4 is 15.5 Å². The molecule has 1 aromatic heterocycles. The van der Waals surface area contributed by atoms with Gasteiger partial charge in [0, 0.05) is 43.5 Å². The highest BCUT2D eigenvalue weighted by Gasteiger charge is 2.33. The van der Waals surface area contributed by atoms with Crippen LogP contribution in [0.2, 0.25) is 0 Å². The fourth-order valence-corrected chi connectivity index (χ4v) is 4.49. The summed E-state index contributed by atoms with van der Waals surface area (Å²) in [6.45, 7) is 8.43. The van der Waals surface area contributed by atoms with Gasteiger partial charge in [-0.3, -0.25) is 14.5 Å². The molecule has 0 saturated carbocycles. The van der Waals surface area contributed by atoms with Crippen LogP contribution in [-0.4, -0.2) is 47.7 Å². The van der Waals surface area contributed by atoms with Gasteiger partial charge in [0.05, 0.1) is 18.8 Å². The molecule has 2 atom stereocenters. The first kappa shape index (κ1) is 21.3. The maximum Gasteiger partial charge on any atom is 0.224 e. The zero-order valence-electron chi connectivity index (χ0n) is 18.9. The molecule has 7 nitrogen and oxygen atoms in total. The van der Waals surface area contributed by atoms with Crippen molar-refractivity contribution >= 4 is 17.4 Å². The molecule has 1 aromatic carbocycles. The standard InChI is InChI=1S/C24H32N6O/c1-16-7-8-26-24(11-16)28-22-12-17(2)30(18(3)31)23-6-5-19(13-21(22)23)20-14-27-29(15-20)10-9-25-4/h5-6,11,13-15,17,22,25H,7-10,12H2,1-4H3,(H,26,28)/t17-,22+/m0/s1. The molecule has 0 bridgehead atoms. The Morgan fingerprint density at radius 1 is 1.29 bits per heavy atom. The number of likely N-dealkylation sites (N-methyl/N-ethyl adjacent to an activating group) is 1. The molecular formula is C24H32N6O. The van der Waals surface area contributed by atoms with Gasteiger partial charge in [0.1, 0.15) is 5.84 Å². The Morgan fingerprint density at radius 3 is 2.87 bits per heavy atom. The van der Waals surface area contributed by atoms with Gasteiger partial charge in [-0.15, -0.1) is 0 Å². The maximum absolute atomic E-state index is 12.4. The number of benzene rings is 1. The largest absolute Gasteiger partial charge is 0.363 e. The minimum atomic E-state index is 0.0746. The number of amides is 1. The van der Waals surface area contributed by atoms with Gasteiger partial charge in [0.25, 0.3) is 0 Å². The smallest absolute Gasteiger partial charge is 0.224 e. The summed E-state index contributed by atoms with van der Waals surface area (Å²) in [6, 6.07) is 6.58. The molecule has 3 heterocycles. The van der Waals surface area contributed by atoms with E-state index in [1.54, 1.807) is 6.92 Å². The first-order valence-electron chi connectivity index (χ1n) is 11.1. The van der Waals surface area contributed by atoms with Crippen LogP contribution in [0.25, 0.3) is 11.1 Å². The molecule has 0 unspecified atom stereocenters. The number of anilines is 1. The van der Waals surface area contributed by atoms with E-state index >= 15 is 0 Å². The zero-order valence-corrected chi connectivity index (χ0v) is 18.9. The minimum Gasteiger partial charge on any atom is -0.363 e. The number of carbonyl (C=O) groups is 1. The highest BCUT2D eigenvalue weighted by atomic mass is 16.2. The molecule has 0 spiro atoms. The Labute approximate surface area is 184 Å². The average molecular weight is 421 g/mol. The number of aromatic nitrogens is 2. The summed E-state index contributed by atoms with van der Waals surface area (Å²) in [5.74, 6) is 1.01. The third-order valence-electron chi connectivity index (χ3n) is 6.07. The van der Waals surface area contributed by atoms with Gasteiger partial charge in [0.2, 0.25) is 5.91 Å². The van der Waals surface area contributed by atoms with Gasteiger partial charge < -0.3 is 15.5 Å². The number of rotatable bonds is 5. The van der Waals surface area contributed by atoms with Crippen molar-refractivity contribution in [3.05, 3.63) is 47.8 Å². The second-order valence-corrected chi connectivity index (χ2v) is 8.55. The Bertz CT molecular complexity index is 1020. The first-order valence-corrected chi connectivity index (χ1v) is 11.1. The highest BCUT2D eigenvalue weighted by Crippen LogP contribution is 2.39. The van der Waals surface area contributed by atoms with E-state index in [0.29, 0.717) is 0 Å². The molecule has 2 aromatic rings. The molecule has 2 N–H and O–H groups in total. The van der Waals surface area contributed by atoms with Crippen molar-refractivity contribution in [2.24, 2.45) is 4.99 Å². The summed E-state index contributed by atoms with van der Waals surface area (Å²) < 4.78 is 1.95. The predicted molar refractivity (Wildman–Crippen MR) is 125 cm³/mol. The van der Waals surface area contributed by atoms with Gasteiger partial charge in [-0.05, 0) is 63.1 Å². The van der Waals surface area contributed by atoms with E-state index in [9.17, 15) is 4.79 Å². The van der Waals surface area contributed by atoms with Crippen LogP contribution in [0.3, 0.4) is 0 Å². The molecule has 164 valence electrons. The SMILES string of the molecule is CNCCn1cc(-c2ccc3c(c2)[C@H](NC2=NCCC(C)=C2)C[C@H](C)N3C(C)=O)cn1. The molecule has 7 heteroatoms. The minimum absolute atomic E-state index is 0.0746. The van der Waals surface area contributed by atoms with Crippen LogP contribution in [0, 0.1) is 0 Å². The lowest BCUT2D eigenvalue weighted by atomic mass is 9.89. The molecule has 0 fully saturated rings. The summed E-state index contributed by atoms with van der Waals surface area (Å²) in [4.78, 5) is 19.0. The number of carbonyl (C=O) groups excluding carboxylic acids is 1. The highest BCUT2D eigenvalue weighted by molar-refractivity contribution is 5.96. The van der Waals surface area contributed by atoms with E-state index in [0.717, 1.165) is 60.7 Å². The second-order valence-electron chi connectivity index (χ2n) is 8.55. The quantitative estimate of drug-likeness (QED) is 0.778. The first-order chi connectivity index (χ1) is 15.0. The molecule has 31 heavy (non-hydrogen) atoms. The fourth-order valence-electron chi connectivity index (χ4n) is 4.49. The number of nitrogens with zero attached hydrogens (tertiary/aromatic N) is 4. The number of dihydropyridines is 1. The fraction of sp³-hybridized carbons (Fsp3) is 0.458. The van der Waals surface area contributed by atoms with Crippen molar-refractivity contribution < 1.29 is 4.79 Å². The summed E-state index contributed by atoms with van der Waals surface area (Å²) >= 11 is 0. The third kappa shape index (κ3) is 4.56. The van der Waals surface area contributed by atoms with Crippen molar-refractivity contribution in [3.63, 3.8) is 0 Å². The van der Waals surface area contributed by atoms with E-state index in [2.05, 4.69) is 65.0 Å². The molecule has 2 aliphatic heterocycles. The Balaban J connectivity index is 1.69. The lowest BCUT2D eigenvalue weighted by molar-refractivity contribution is -0.117. The molecule has 1 amide bonds. The van der Waals surface area contributed by atoms with Crippen LogP contribution in [-0.2, 0) is 11.3 Å². The third-order valence-corrected chi connectivity index (χ3v) is 6.07. The van der Waals surface area contributed by atoms with Gasteiger partial charge in [-0.1, -0.05) is 11.6 Å². The molecular weight excluding hydrogens is 388 g/mol. The van der Waals surface area contributed by atoms with E-state index < -0.39 is 0 Å². The van der Waals surface area contributed by atoms with Crippen LogP contribution in [0.15, 0.2) is 47.2 Å². The van der Waals surface area contributed by atoms with E-state index in [-0.39, 0.29) is 18.0 Å². The Morgan fingerprint density at radius 2 is 2.13 bits per heavy atom. The maximum atomic E-state index is 12.4. The van der Waals surface area contributed by atoms with Crippen LogP contribution in [0.4, 0.5) is 5.69 Å². The number of hydrogen-bond acceptors (Lipinski definition) is 5. The number of aliphatic imine (C=N–C) groups is 1. The molecule has 2 aliphatic rings. The molecule has 0 saturated heterocycles. The molecule has 0 radical (unpaired) electrons. The summed E-state index contributed by atoms with van der Waals surface area (Å²) in [7, 11) is 1.94. The number of hydrogen-bond donors (Lipinski definition) is 2. The Kier molecular flexibility index (Phi) is 6.23. The summed E-state index contributed by atoms with van der Waals surface area (Å²) in [5.41, 5.74) is 5.64. The van der Waals surface area contributed by atoms with Crippen LogP contribution in [0.1, 0.15) is 45.2 Å². The van der Waals surface area contributed by atoms with Crippen molar-refractivity contribution in [2.75, 3.05) is 25.0 Å². The van der Waals surface area contributed by atoms with E-state index in [1.807, 2.05) is 22.8 Å². The lowest BCUT2D eigenvalue weighted by Gasteiger charge is -2.40. The van der Waals surface area contributed by atoms with E-state index in [4.69, 9.17) is 0 Å². The lowest BCUT2D eigenvalue weighted by Crippen LogP contribution is -2.45. The normalized spacial score (nSPS) is 20.7. The van der Waals surface area contributed by atoms with E-state index in [1.165, 1.54) is 5.57 Å². The van der Waals surface area contributed by atoms with Gasteiger partial charge in [-0.2, -0.15) is 5.10 Å². The van der Waals surface area contributed by atoms with Crippen molar-refractivity contribution in [2.45, 2.75) is 52.2 Å².